The van der Waals surface area contributed by atoms with E-state index in [9.17, 15) is 15.3 Å². The zero-order valence-corrected chi connectivity index (χ0v) is 11.3. The van der Waals surface area contributed by atoms with E-state index < -0.39 is 43.9 Å². The van der Waals surface area contributed by atoms with Crippen molar-refractivity contribution < 1.29 is 29.9 Å². The molecule has 112 valence electrons. The first kappa shape index (κ1) is 15.7. The number of rotatable bonds is 4. The molecule has 20 heavy (non-hydrogen) atoms. The van der Waals surface area contributed by atoms with Crippen LogP contribution in [-0.2, 0) is 9.47 Å². The maximum atomic E-state index is 9.94. The van der Waals surface area contributed by atoms with Crippen molar-refractivity contribution in [2.75, 3.05) is 13.2 Å². The van der Waals surface area contributed by atoms with Gasteiger partial charge in [0.2, 0.25) is 0 Å². The number of hydrogen-bond acceptors (Lipinski definition) is 6. The van der Waals surface area contributed by atoms with Gasteiger partial charge in [-0.05, 0) is 12.1 Å². The third-order valence-electron chi connectivity index (χ3n) is 3.16. The van der Waals surface area contributed by atoms with Gasteiger partial charge in [-0.3, -0.25) is 0 Å². The molecule has 0 aromatic heterocycles. The Morgan fingerprint density at radius 3 is 2.60 bits per heavy atom. The number of halogens is 1. The normalized spacial score (nSPS) is 32.0. The molecule has 0 bridgehead atoms. The second-order valence-electron chi connectivity index (χ2n) is 4.59. The lowest BCUT2D eigenvalue weighted by Gasteiger charge is -2.40. The van der Waals surface area contributed by atoms with Gasteiger partial charge in [0.25, 0.3) is 0 Å². The Bertz CT molecular complexity index is 443. The van der Waals surface area contributed by atoms with Crippen molar-refractivity contribution in [2.45, 2.75) is 30.7 Å². The summed E-state index contributed by atoms with van der Waals surface area (Å²) in [6, 6.07) is 6.74. The van der Waals surface area contributed by atoms with Gasteiger partial charge in [0.15, 0.2) is 6.29 Å². The second kappa shape index (κ2) is 6.82. The summed E-state index contributed by atoms with van der Waals surface area (Å²) in [6.45, 7) is -1.00. The van der Waals surface area contributed by atoms with Crippen LogP contribution in [0.4, 0.5) is 0 Å². The molecule has 7 heteroatoms. The summed E-state index contributed by atoms with van der Waals surface area (Å²) in [7, 11) is 0. The SMILES string of the molecule is OC[C@H](O)[C@H]1OC(c2cccc(Cl)c2)O[C@H](CO)[C@H]1O. The molecule has 0 spiro atoms. The number of hydrogen-bond donors (Lipinski definition) is 4. The summed E-state index contributed by atoms with van der Waals surface area (Å²) >= 11 is 5.89. The van der Waals surface area contributed by atoms with Crippen molar-refractivity contribution in [2.24, 2.45) is 0 Å². The van der Waals surface area contributed by atoms with Crippen LogP contribution < -0.4 is 0 Å². The Kier molecular flexibility index (Phi) is 5.34. The first-order valence-corrected chi connectivity index (χ1v) is 6.59. The van der Waals surface area contributed by atoms with Crippen molar-refractivity contribution in [3.8, 4) is 0 Å². The standard InChI is InChI=1S/C13H17ClO6/c14-8-3-1-2-7(4-8)13-19-10(6-16)11(18)12(20-13)9(17)5-15/h1-4,9-13,15-18H,5-6H2/t9-,10+,11+,12+,13?/m0/s1. The maximum Gasteiger partial charge on any atom is 0.185 e. The Labute approximate surface area is 121 Å². The minimum atomic E-state index is -1.27. The molecule has 1 aliphatic rings. The fourth-order valence-corrected chi connectivity index (χ4v) is 2.29. The average molecular weight is 305 g/mol. The van der Waals surface area contributed by atoms with Gasteiger partial charge in [0, 0.05) is 10.6 Å². The van der Waals surface area contributed by atoms with Crippen LogP contribution in [0, 0.1) is 0 Å². The van der Waals surface area contributed by atoms with Crippen molar-refractivity contribution in [1.82, 2.24) is 0 Å². The molecule has 1 aromatic carbocycles. The predicted molar refractivity (Wildman–Crippen MR) is 70.1 cm³/mol. The smallest absolute Gasteiger partial charge is 0.185 e. The second-order valence-corrected chi connectivity index (χ2v) is 5.02. The van der Waals surface area contributed by atoms with Crippen LogP contribution in [0.1, 0.15) is 11.9 Å². The van der Waals surface area contributed by atoms with E-state index in [-0.39, 0.29) is 0 Å². The summed E-state index contributed by atoms with van der Waals surface area (Å²) in [5.74, 6) is 0. The van der Waals surface area contributed by atoms with Gasteiger partial charge >= 0.3 is 0 Å². The molecule has 6 nitrogen and oxygen atoms in total. The minimum absolute atomic E-state index is 0.434. The molecule has 0 radical (unpaired) electrons. The van der Waals surface area contributed by atoms with Crippen LogP contribution in [0.3, 0.4) is 0 Å². The van der Waals surface area contributed by atoms with Crippen LogP contribution in [0.5, 0.6) is 0 Å². The highest BCUT2D eigenvalue weighted by atomic mass is 35.5. The summed E-state index contributed by atoms with van der Waals surface area (Å²) < 4.78 is 10.9. The lowest BCUT2D eigenvalue weighted by Crippen LogP contribution is -2.54. The molecular formula is C13H17ClO6. The van der Waals surface area contributed by atoms with Gasteiger partial charge in [-0.2, -0.15) is 0 Å². The van der Waals surface area contributed by atoms with E-state index >= 15 is 0 Å². The highest BCUT2D eigenvalue weighted by molar-refractivity contribution is 6.30. The van der Waals surface area contributed by atoms with Crippen LogP contribution >= 0.6 is 11.6 Å². The van der Waals surface area contributed by atoms with Crippen molar-refractivity contribution >= 4 is 11.6 Å². The van der Waals surface area contributed by atoms with Crippen molar-refractivity contribution in [1.29, 1.82) is 0 Å². The average Bonchev–Trinajstić information content (AvgIpc) is 2.46. The fourth-order valence-electron chi connectivity index (χ4n) is 2.09. The Hall–Kier alpha value is -0.730. The zero-order valence-electron chi connectivity index (χ0n) is 10.6. The van der Waals surface area contributed by atoms with Crippen LogP contribution in [-0.4, -0.2) is 58.1 Å². The largest absolute Gasteiger partial charge is 0.394 e. The minimum Gasteiger partial charge on any atom is -0.394 e. The number of ether oxygens (including phenoxy) is 2. The molecule has 1 fully saturated rings. The lowest BCUT2D eigenvalue weighted by molar-refractivity contribution is -0.310. The van der Waals surface area contributed by atoms with Crippen molar-refractivity contribution in [3.63, 3.8) is 0 Å². The number of aliphatic hydroxyl groups is 4. The van der Waals surface area contributed by atoms with E-state index in [0.29, 0.717) is 10.6 Å². The molecule has 1 aromatic rings. The Morgan fingerprint density at radius 2 is 2.00 bits per heavy atom. The van der Waals surface area contributed by atoms with E-state index in [1.54, 1.807) is 24.3 Å². The van der Waals surface area contributed by atoms with Gasteiger partial charge in [0.1, 0.15) is 24.4 Å². The van der Waals surface area contributed by atoms with E-state index in [4.69, 9.17) is 26.2 Å². The van der Waals surface area contributed by atoms with Gasteiger partial charge in [-0.1, -0.05) is 23.7 Å². The molecule has 0 saturated carbocycles. The van der Waals surface area contributed by atoms with E-state index in [1.807, 2.05) is 0 Å². The zero-order chi connectivity index (χ0) is 14.7. The van der Waals surface area contributed by atoms with Crippen LogP contribution in [0.25, 0.3) is 0 Å². The molecule has 1 heterocycles. The fraction of sp³-hybridized carbons (Fsp3) is 0.538. The van der Waals surface area contributed by atoms with E-state index in [0.717, 1.165) is 0 Å². The monoisotopic (exact) mass is 304 g/mol. The van der Waals surface area contributed by atoms with Gasteiger partial charge in [-0.25, -0.2) is 0 Å². The summed E-state index contributed by atoms with van der Waals surface area (Å²) in [6.07, 6.45) is -5.38. The van der Waals surface area contributed by atoms with Crippen molar-refractivity contribution in [3.05, 3.63) is 34.9 Å². The molecule has 5 atom stereocenters. The molecule has 0 aliphatic carbocycles. The molecule has 1 aliphatic heterocycles. The van der Waals surface area contributed by atoms with Gasteiger partial charge in [0.05, 0.1) is 13.2 Å². The first-order valence-electron chi connectivity index (χ1n) is 6.21. The highest BCUT2D eigenvalue weighted by Gasteiger charge is 2.42. The summed E-state index contributed by atoms with van der Waals surface area (Å²) in [4.78, 5) is 0. The predicted octanol–water partition coefficient (Wildman–Crippen LogP) is -0.171. The third-order valence-corrected chi connectivity index (χ3v) is 3.40. The number of benzene rings is 1. The maximum absolute atomic E-state index is 9.94. The van der Waals surface area contributed by atoms with Gasteiger partial charge < -0.3 is 29.9 Å². The van der Waals surface area contributed by atoms with E-state index in [1.165, 1.54) is 0 Å². The lowest BCUT2D eigenvalue weighted by atomic mass is 10.0. The Morgan fingerprint density at radius 1 is 1.25 bits per heavy atom. The Balaban J connectivity index is 2.22. The van der Waals surface area contributed by atoms with E-state index in [2.05, 4.69) is 0 Å². The molecule has 2 rings (SSSR count). The molecular weight excluding hydrogens is 288 g/mol. The molecule has 0 amide bonds. The van der Waals surface area contributed by atoms with Gasteiger partial charge in [-0.15, -0.1) is 0 Å². The molecule has 4 N–H and O–H groups in total. The van der Waals surface area contributed by atoms with Crippen LogP contribution in [0.15, 0.2) is 24.3 Å². The highest BCUT2D eigenvalue weighted by Crippen LogP contribution is 2.32. The summed E-state index contributed by atoms with van der Waals surface area (Å²) in [5.41, 5.74) is 0.595. The molecule has 1 unspecified atom stereocenters. The topological polar surface area (TPSA) is 99.4 Å². The first-order chi connectivity index (χ1) is 9.56. The van der Waals surface area contributed by atoms with Crippen LogP contribution in [0.2, 0.25) is 5.02 Å². The molecule has 1 saturated heterocycles. The quantitative estimate of drug-likeness (QED) is 0.616. The third kappa shape index (κ3) is 3.29. The number of aliphatic hydroxyl groups excluding tert-OH is 4. The summed E-state index contributed by atoms with van der Waals surface area (Å²) in [5, 5.41) is 38.4.